The van der Waals surface area contributed by atoms with Crippen molar-refractivity contribution >= 4 is 5.91 Å². The summed E-state index contributed by atoms with van der Waals surface area (Å²) in [5.74, 6) is 0.285. The average Bonchev–Trinajstić information content (AvgIpc) is 2.39. The Morgan fingerprint density at radius 2 is 2.40 bits per heavy atom. The maximum Gasteiger partial charge on any atom is 0.227 e. The highest BCUT2D eigenvalue weighted by atomic mass is 16.2. The highest BCUT2D eigenvalue weighted by Crippen LogP contribution is 2.31. The second kappa shape index (κ2) is 1.84. The zero-order valence-corrected chi connectivity index (χ0v) is 5.97. The molecule has 54 valence electrons. The number of carbonyl (C=O) groups excluding carboxylic acids is 1. The minimum Gasteiger partial charge on any atom is -0.336 e. The van der Waals surface area contributed by atoms with Crippen LogP contribution in [-0.4, -0.2) is 23.4 Å². The quantitative estimate of drug-likeness (QED) is 0.455. The second-order valence-corrected chi connectivity index (χ2v) is 3.08. The van der Waals surface area contributed by atoms with Crippen molar-refractivity contribution in [1.29, 1.82) is 0 Å². The van der Waals surface area contributed by atoms with Gasteiger partial charge in [0.15, 0.2) is 0 Å². The molecule has 10 heavy (non-hydrogen) atoms. The third kappa shape index (κ3) is 0.618. The monoisotopic (exact) mass is 137 g/mol. The lowest BCUT2D eigenvalue weighted by Gasteiger charge is -2.13. The van der Waals surface area contributed by atoms with E-state index < -0.39 is 0 Å². The largest absolute Gasteiger partial charge is 0.336 e. The van der Waals surface area contributed by atoms with Crippen LogP contribution in [0.4, 0.5) is 0 Å². The third-order valence-electron chi connectivity index (χ3n) is 2.42. The van der Waals surface area contributed by atoms with Gasteiger partial charge in [0.05, 0.1) is 6.04 Å². The first-order chi connectivity index (χ1) is 4.79. The number of carbonyl (C=O) groups is 1. The molecule has 0 spiro atoms. The van der Waals surface area contributed by atoms with Gasteiger partial charge in [-0.3, -0.25) is 4.79 Å². The molecule has 0 saturated carbocycles. The van der Waals surface area contributed by atoms with Gasteiger partial charge >= 0.3 is 0 Å². The van der Waals surface area contributed by atoms with E-state index in [1.165, 1.54) is 0 Å². The molecule has 2 heterocycles. The van der Waals surface area contributed by atoms with Crippen LogP contribution < -0.4 is 0 Å². The van der Waals surface area contributed by atoms with Crippen molar-refractivity contribution < 1.29 is 4.79 Å². The summed E-state index contributed by atoms with van der Waals surface area (Å²) in [4.78, 5) is 13.1. The minimum absolute atomic E-state index is 0.285. The Labute approximate surface area is 60.5 Å². The van der Waals surface area contributed by atoms with Crippen LogP contribution in [0, 0.1) is 0 Å². The predicted octanol–water partition coefficient (Wildman–Crippen LogP) is 0.937. The van der Waals surface area contributed by atoms with Crippen LogP contribution in [-0.2, 0) is 4.79 Å². The van der Waals surface area contributed by atoms with Crippen molar-refractivity contribution in [2.24, 2.45) is 0 Å². The Kier molecular flexibility index (Phi) is 1.10. The van der Waals surface area contributed by atoms with Crippen molar-refractivity contribution in [1.82, 2.24) is 4.90 Å². The number of fused-ring (bicyclic) bond motifs is 1. The Morgan fingerprint density at radius 3 is 3.10 bits per heavy atom. The van der Waals surface area contributed by atoms with Gasteiger partial charge in [-0.15, -0.1) is 0 Å². The number of hydrogen-bond acceptors (Lipinski definition) is 1. The summed E-state index contributed by atoms with van der Waals surface area (Å²) in [6.07, 6.45) is 2.91. The summed E-state index contributed by atoms with van der Waals surface area (Å²) in [6.45, 7) is 4.85. The van der Waals surface area contributed by atoms with E-state index in [2.05, 4.69) is 6.58 Å². The Balaban J connectivity index is 2.27. The molecule has 0 aromatic carbocycles. The molecule has 0 aromatic heterocycles. The lowest BCUT2D eigenvalue weighted by molar-refractivity contribution is -0.127. The molecule has 0 aromatic rings. The van der Waals surface area contributed by atoms with Crippen LogP contribution in [0.1, 0.15) is 19.3 Å². The van der Waals surface area contributed by atoms with Gasteiger partial charge in [0.2, 0.25) is 5.91 Å². The third-order valence-corrected chi connectivity index (χ3v) is 2.42. The molecule has 1 amide bonds. The normalized spacial score (nSPS) is 31.6. The molecule has 2 heteroatoms. The summed E-state index contributed by atoms with van der Waals surface area (Å²) >= 11 is 0. The molecule has 0 bridgehead atoms. The van der Waals surface area contributed by atoms with E-state index in [0.29, 0.717) is 12.5 Å². The first kappa shape index (κ1) is 5.96. The van der Waals surface area contributed by atoms with Gasteiger partial charge in [0.1, 0.15) is 0 Å². The van der Waals surface area contributed by atoms with E-state index in [-0.39, 0.29) is 5.91 Å². The number of hydrogen-bond donors (Lipinski definition) is 0. The molecule has 2 rings (SSSR count). The molecule has 1 atom stereocenters. The lowest BCUT2D eigenvalue weighted by Crippen LogP contribution is -2.26. The number of rotatable bonds is 0. The molecule has 2 fully saturated rings. The van der Waals surface area contributed by atoms with Crippen molar-refractivity contribution in [3.05, 3.63) is 12.2 Å². The molecular weight excluding hydrogens is 126 g/mol. The summed E-state index contributed by atoms with van der Waals surface area (Å²) in [7, 11) is 0. The van der Waals surface area contributed by atoms with Crippen LogP contribution in [0.2, 0.25) is 0 Å². The van der Waals surface area contributed by atoms with E-state index in [9.17, 15) is 4.79 Å². The fraction of sp³-hybridized carbons (Fsp3) is 0.625. The number of amides is 1. The van der Waals surface area contributed by atoms with Gasteiger partial charge in [0.25, 0.3) is 0 Å². The zero-order valence-electron chi connectivity index (χ0n) is 5.97. The van der Waals surface area contributed by atoms with Gasteiger partial charge in [-0.2, -0.15) is 0 Å². The molecule has 0 unspecified atom stereocenters. The molecule has 0 radical (unpaired) electrons. The molecular formula is C8H11NO. The number of nitrogens with zero attached hydrogens (tertiary/aromatic N) is 1. The Hall–Kier alpha value is -0.790. The first-order valence-corrected chi connectivity index (χ1v) is 3.76. The van der Waals surface area contributed by atoms with Gasteiger partial charge in [-0.05, 0) is 18.4 Å². The van der Waals surface area contributed by atoms with Gasteiger partial charge in [-0.1, -0.05) is 6.58 Å². The standard InChI is InChI=1S/C8H11NO/c1-6-5-8(10)9-4-2-3-7(6)9/h7H,1-5H2/t7-/m0/s1. The fourth-order valence-electron chi connectivity index (χ4n) is 1.90. The highest BCUT2D eigenvalue weighted by molar-refractivity contribution is 5.83. The van der Waals surface area contributed by atoms with Crippen LogP contribution in [0.3, 0.4) is 0 Å². The van der Waals surface area contributed by atoms with Gasteiger partial charge in [0, 0.05) is 13.0 Å². The Morgan fingerprint density at radius 1 is 1.60 bits per heavy atom. The zero-order chi connectivity index (χ0) is 7.14. The molecule has 0 aliphatic carbocycles. The summed E-state index contributed by atoms with van der Waals surface area (Å²) < 4.78 is 0. The maximum atomic E-state index is 11.1. The molecule has 2 saturated heterocycles. The van der Waals surface area contributed by atoms with Crippen LogP contribution in [0.25, 0.3) is 0 Å². The van der Waals surface area contributed by atoms with Crippen LogP contribution in [0.5, 0.6) is 0 Å². The smallest absolute Gasteiger partial charge is 0.227 e. The van der Waals surface area contributed by atoms with E-state index in [1.807, 2.05) is 4.90 Å². The van der Waals surface area contributed by atoms with Crippen molar-refractivity contribution in [2.75, 3.05) is 6.54 Å². The summed E-state index contributed by atoms with van der Waals surface area (Å²) in [5, 5.41) is 0. The van der Waals surface area contributed by atoms with E-state index in [1.54, 1.807) is 0 Å². The van der Waals surface area contributed by atoms with Gasteiger partial charge in [-0.25, -0.2) is 0 Å². The molecule has 2 aliphatic heterocycles. The molecule has 2 aliphatic rings. The lowest BCUT2D eigenvalue weighted by atomic mass is 10.1. The Bertz CT molecular complexity index is 177. The second-order valence-electron chi connectivity index (χ2n) is 3.08. The molecule has 2 nitrogen and oxygen atoms in total. The SMILES string of the molecule is C=C1CC(=O)N2CCC[C@@H]12. The molecule has 0 N–H and O–H groups in total. The van der Waals surface area contributed by atoms with Gasteiger partial charge < -0.3 is 4.90 Å². The van der Waals surface area contributed by atoms with E-state index >= 15 is 0 Å². The van der Waals surface area contributed by atoms with Crippen molar-refractivity contribution in [3.8, 4) is 0 Å². The van der Waals surface area contributed by atoms with E-state index in [0.717, 1.165) is 25.0 Å². The van der Waals surface area contributed by atoms with Crippen LogP contribution in [0.15, 0.2) is 12.2 Å². The van der Waals surface area contributed by atoms with Crippen molar-refractivity contribution in [2.45, 2.75) is 25.3 Å². The van der Waals surface area contributed by atoms with Crippen LogP contribution >= 0.6 is 0 Å². The summed E-state index contributed by atoms with van der Waals surface area (Å²) in [6, 6.07) is 0.410. The average molecular weight is 137 g/mol. The minimum atomic E-state index is 0.285. The predicted molar refractivity (Wildman–Crippen MR) is 38.5 cm³/mol. The topological polar surface area (TPSA) is 20.3 Å². The maximum absolute atomic E-state index is 11.1. The van der Waals surface area contributed by atoms with Crippen molar-refractivity contribution in [3.63, 3.8) is 0 Å². The highest BCUT2D eigenvalue weighted by Gasteiger charge is 2.36. The van der Waals surface area contributed by atoms with E-state index in [4.69, 9.17) is 0 Å². The first-order valence-electron chi connectivity index (χ1n) is 3.76. The fourth-order valence-corrected chi connectivity index (χ4v) is 1.90. The summed E-state index contributed by atoms with van der Waals surface area (Å²) in [5.41, 5.74) is 1.13.